The number of carboxylic acid groups (broad SMARTS) is 1. The Morgan fingerprint density at radius 3 is 2.17 bits per heavy atom. The minimum Gasteiger partial charge on any atom is -0.857 e. The average Bonchev–Trinajstić information content (AvgIpc) is 2.86. The summed E-state index contributed by atoms with van der Waals surface area (Å²) in [6.45, 7) is 7.37. The molecule has 1 atom stereocenters. The third-order valence-corrected chi connectivity index (χ3v) is 5.35. The van der Waals surface area contributed by atoms with Crippen molar-refractivity contribution in [3.63, 3.8) is 0 Å². The van der Waals surface area contributed by atoms with Gasteiger partial charge in [0.1, 0.15) is 6.04 Å². The molecule has 35 heavy (non-hydrogen) atoms. The van der Waals surface area contributed by atoms with Gasteiger partial charge in [0.25, 0.3) is 0 Å². The van der Waals surface area contributed by atoms with Crippen LogP contribution in [0.5, 0.6) is 0 Å². The van der Waals surface area contributed by atoms with Crippen molar-refractivity contribution in [3.05, 3.63) is 121 Å². The Morgan fingerprint density at radius 1 is 0.943 bits per heavy atom. The Kier molecular flexibility index (Phi) is 10.3. The molecule has 180 valence electrons. The molecule has 0 amide bonds. The Balaban J connectivity index is 0.00000432. The van der Waals surface area contributed by atoms with E-state index in [0.29, 0.717) is 11.3 Å². The van der Waals surface area contributed by atoms with Crippen molar-refractivity contribution in [3.8, 4) is 0 Å². The minimum atomic E-state index is -1.38. The van der Waals surface area contributed by atoms with Gasteiger partial charge >= 0.3 is 16.5 Å². The normalized spacial score (nSPS) is 12.5. The van der Waals surface area contributed by atoms with Crippen molar-refractivity contribution in [2.45, 2.75) is 18.9 Å². The minimum absolute atomic E-state index is 0. The predicted octanol–water partition coefficient (Wildman–Crippen LogP) is 3.57. The summed E-state index contributed by atoms with van der Waals surface area (Å²) in [5.74, 6) is -1.74. The zero-order chi connectivity index (χ0) is 24.4. The molecule has 3 aromatic rings. The summed E-state index contributed by atoms with van der Waals surface area (Å²) in [7, 11) is 0. The smallest absolute Gasteiger partial charge is 0.857 e. The number of para-hydroxylation sites is 1. The summed E-state index contributed by atoms with van der Waals surface area (Å²) >= 11 is 0. The first-order chi connectivity index (χ1) is 16.5. The molecule has 0 aliphatic rings. The topological polar surface area (TPSA) is 101 Å². The third kappa shape index (κ3) is 6.84. The first-order valence-electron chi connectivity index (χ1n) is 10.8. The molecule has 0 aliphatic carbocycles. The maximum absolute atomic E-state index is 12.7. The van der Waals surface area contributed by atoms with E-state index >= 15 is 0 Å². The van der Waals surface area contributed by atoms with Crippen LogP contribution in [0, 0.1) is 5.41 Å². The molecule has 0 aliphatic heterocycles. The molecule has 0 saturated carbocycles. The molecule has 0 N–H and O–H groups in total. The van der Waals surface area contributed by atoms with Gasteiger partial charge in [-0.3, -0.25) is 15.0 Å². The van der Waals surface area contributed by atoms with E-state index in [2.05, 4.69) is 23.1 Å². The maximum Gasteiger partial charge on any atom is 2.00 e. The average molecular weight is 510 g/mol. The van der Waals surface area contributed by atoms with E-state index in [1.807, 2.05) is 42.5 Å². The maximum atomic E-state index is 12.7. The van der Waals surface area contributed by atoms with Crippen LogP contribution in [0.4, 0.5) is 5.69 Å². The van der Waals surface area contributed by atoms with Crippen LogP contribution in [0.25, 0.3) is 0 Å². The summed E-state index contributed by atoms with van der Waals surface area (Å²) in [5.41, 5.74) is 0.738. The van der Waals surface area contributed by atoms with Crippen LogP contribution < -0.4 is 10.2 Å². The fourth-order valence-corrected chi connectivity index (χ4v) is 3.60. The number of hydrogen-bond donors (Lipinski definition) is 0. The number of aliphatic carboxylic acids is 1. The van der Waals surface area contributed by atoms with Gasteiger partial charge in [-0.1, -0.05) is 66.7 Å². The third-order valence-electron chi connectivity index (χ3n) is 5.35. The van der Waals surface area contributed by atoms with Crippen molar-refractivity contribution in [1.29, 1.82) is 0 Å². The van der Waals surface area contributed by atoms with E-state index in [-0.39, 0.29) is 35.0 Å². The number of aromatic nitrogens is 1. The van der Waals surface area contributed by atoms with Gasteiger partial charge in [0.2, 0.25) is 0 Å². The summed E-state index contributed by atoms with van der Waals surface area (Å²) in [6.07, 6.45) is 6.26. The number of carboxylic acids is 1. The Hall–Kier alpha value is -3.83. The number of allylic oxidation sites excluding steroid dienone is 2. The number of aliphatic imine (C=N–C) groups is 2. The van der Waals surface area contributed by atoms with E-state index in [4.69, 9.17) is 4.99 Å². The van der Waals surface area contributed by atoms with Gasteiger partial charge in [0.05, 0.1) is 22.8 Å². The van der Waals surface area contributed by atoms with Gasteiger partial charge in [-0.25, -0.2) is 0 Å². The van der Waals surface area contributed by atoms with E-state index in [0.717, 1.165) is 5.56 Å². The van der Waals surface area contributed by atoms with Gasteiger partial charge < -0.3 is 15.0 Å². The van der Waals surface area contributed by atoms with Crippen LogP contribution in [0.15, 0.2) is 114 Å². The molecule has 1 heterocycles. The van der Waals surface area contributed by atoms with Gasteiger partial charge in [-0.2, -0.15) is 0 Å². The Morgan fingerprint density at radius 2 is 1.57 bits per heavy atom. The molecule has 1 unspecified atom stereocenters. The van der Waals surface area contributed by atoms with Crippen LogP contribution >= 0.6 is 0 Å². The largest absolute Gasteiger partial charge is 2.00 e. The van der Waals surface area contributed by atoms with Crippen LogP contribution in [0.3, 0.4) is 0 Å². The van der Waals surface area contributed by atoms with Crippen molar-refractivity contribution in [1.82, 2.24) is 4.98 Å². The second-order valence-electron chi connectivity index (χ2n) is 7.71. The fourth-order valence-electron chi connectivity index (χ4n) is 3.60. The summed E-state index contributed by atoms with van der Waals surface area (Å²) in [6, 6.07) is 21.0. The molecular weight excluding hydrogens is 485 g/mol. The summed E-state index contributed by atoms with van der Waals surface area (Å²) in [4.78, 5) is 25.2. The molecule has 0 radical (unpaired) electrons. The SMILES string of the molecule is C=CCC(C=NC(c1ccccc1)c1ccccc1N=C([O-])c1ccccn1)(CC=C)C(=O)[O-].[Ni+2]. The van der Waals surface area contributed by atoms with Crippen molar-refractivity contribution >= 4 is 23.8 Å². The van der Waals surface area contributed by atoms with E-state index in [1.54, 1.807) is 30.3 Å². The molecule has 0 fully saturated rings. The molecule has 0 spiro atoms. The zero-order valence-corrected chi connectivity index (χ0v) is 20.0. The van der Waals surface area contributed by atoms with E-state index < -0.39 is 23.3 Å². The van der Waals surface area contributed by atoms with Crippen LogP contribution in [-0.4, -0.2) is 23.1 Å². The molecule has 2 aromatic carbocycles. The zero-order valence-electron chi connectivity index (χ0n) is 19.0. The van der Waals surface area contributed by atoms with Crippen molar-refractivity contribution in [2.24, 2.45) is 15.4 Å². The monoisotopic (exact) mass is 509 g/mol. The molecular formula is C28H25N3NiO3. The van der Waals surface area contributed by atoms with Crippen molar-refractivity contribution < 1.29 is 31.5 Å². The standard InChI is InChI=1S/C28H27N3O3.Ni/c1-3-17-28(18-4-2,27(33)34)20-30-25(21-12-6-5-7-13-21)22-14-8-9-15-23(22)31-26(32)24-16-10-11-19-29-24;/h3-16,19-20,25H,1-2,17-18H2,(H,31,32)(H,33,34);/q;+2/p-2. The Bertz CT molecular complexity index is 1180. The first-order valence-corrected chi connectivity index (χ1v) is 10.8. The van der Waals surface area contributed by atoms with Gasteiger partial charge in [-0.05, 0) is 36.6 Å². The van der Waals surface area contributed by atoms with Gasteiger partial charge in [-0.15, -0.1) is 13.2 Å². The van der Waals surface area contributed by atoms with Crippen LogP contribution in [-0.2, 0) is 21.3 Å². The van der Waals surface area contributed by atoms with Gasteiger partial charge in [0, 0.05) is 23.9 Å². The van der Waals surface area contributed by atoms with E-state index in [1.165, 1.54) is 24.6 Å². The molecule has 0 saturated heterocycles. The number of nitrogens with zero attached hydrogens (tertiary/aromatic N) is 3. The number of hydrogen-bond acceptors (Lipinski definition) is 6. The van der Waals surface area contributed by atoms with E-state index in [9.17, 15) is 15.0 Å². The number of carbonyl (C=O) groups excluding carboxylic acids is 1. The Labute approximate surface area is 215 Å². The summed E-state index contributed by atoms with van der Waals surface area (Å²) < 4.78 is 0. The first kappa shape index (κ1) is 27.4. The number of rotatable bonds is 11. The summed E-state index contributed by atoms with van der Waals surface area (Å²) in [5, 5.41) is 24.8. The molecule has 6 nitrogen and oxygen atoms in total. The quantitative estimate of drug-likeness (QED) is 0.170. The predicted molar refractivity (Wildman–Crippen MR) is 131 cm³/mol. The molecule has 7 heteroatoms. The van der Waals surface area contributed by atoms with Gasteiger partial charge in [0.15, 0.2) is 0 Å². The second kappa shape index (κ2) is 13.2. The number of pyridine rings is 1. The number of carbonyl (C=O) groups is 1. The molecule has 1 aromatic heterocycles. The molecule has 0 bridgehead atoms. The molecule has 3 rings (SSSR count). The second-order valence-corrected chi connectivity index (χ2v) is 7.71. The van der Waals surface area contributed by atoms with Crippen LogP contribution in [0.1, 0.15) is 35.7 Å². The van der Waals surface area contributed by atoms with Crippen LogP contribution in [0.2, 0.25) is 0 Å². The van der Waals surface area contributed by atoms with Crippen molar-refractivity contribution in [2.75, 3.05) is 0 Å². The number of benzene rings is 2. The fraction of sp³-hybridized carbons (Fsp3) is 0.143.